The van der Waals surface area contributed by atoms with Crippen molar-refractivity contribution in [2.75, 3.05) is 12.4 Å². The summed E-state index contributed by atoms with van der Waals surface area (Å²) in [6.45, 7) is 0.274. The molecule has 5 rings (SSSR count). The van der Waals surface area contributed by atoms with Crippen LogP contribution in [0.1, 0.15) is 11.4 Å². The predicted molar refractivity (Wildman–Crippen MR) is 145 cm³/mol. The molecule has 2 heterocycles. The van der Waals surface area contributed by atoms with Crippen LogP contribution in [0.5, 0.6) is 17.2 Å². The van der Waals surface area contributed by atoms with E-state index in [2.05, 4.69) is 20.9 Å². The number of nitrogens with zero attached hydrogens (tertiary/aromatic N) is 2. The number of hydrogen-bond acceptors (Lipinski definition) is 7. The first-order chi connectivity index (χ1) is 18.4. The van der Waals surface area contributed by atoms with E-state index in [0.29, 0.717) is 29.4 Å². The summed E-state index contributed by atoms with van der Waals surface area (Å²) in [7, 11) is 3.48. The van der Waals surface area contributed by atoms with E-state index in [0.717, 1.165) is 34.2 Å². The number of hydrogen-bond donors (Lipinski definition) is 3. The van der Waals surface area contributed by atoms with E-state index in [4.69, 9.17) is 9.47 Å². The maximum atomic E-state index is 11.8. The molecule has 1 aromatic heterocycles. The number of benzene rings is 3. The number of imidazole rings is 1. The van der Waals surface area contributed by atoms with Crippen molar-refractivity contribution in [2.45, 2.75) is 18.3 Å². The second kappa shape index (κ2) is 10.9. The van der Waals surface area contributed by atoms with Crippen molar-refractivity contribution in [3.63, 3.8) is 0 Å². The minimum absolute atomic E-state index is 0.246. The Kier molecular flexibility index (Phi) is 7.18. The van der Waals surface area contributed by atoms with Crippen LogP contribution in [-0.2, 0) is 24.9 Å². The largest absolute Gasteiger partial charge is 0.486 e. The average molecular weight is 532 g/mol. The van der Waals surface area contributed by atoms with Gasteiger partial charge in [0.2, 0.25) is 5.91 Å². The fraction of sp³-hybridized carbons (Fsp3) is 0.185. The van der Waals surface area contributed by atoms with E-state index < -0.39 is 5.25 Å². The van der Waals surface area contributed by atoms with Crippen molar-refractivity contribution >= 4 is 45.7 Å². The predicted octanol–water partition coefficient (Wildman–Crippen LogP) is 4.59. The molecule has 4 amide bonds. The lowest BCUT2D eigenvalue weighted by Crippen LogP contribution is -2.25. The Balaban J connectivity index is 1.21. The molecule has 10 nitrogen and oxygen atoms in total. The first-order valence-electron chi connectivity index (χ1n) is 11.8. The van der Waals surface area contributed by atoms with Gasteiger partial charge in [-0.2, -0.15) is 0 Å². The Labute approximate surface area is 222 Å². The van der Waals surface area contributed by atoms with Crippen LogP contribution < -0.4 is 25.4 Å². The lowest BCUT2D eigenvalue weighted by molar-refractivity contribution is -0.118. The Morgan fingerprint density at radius 1 is 1.03 bits per heavy atom. The van der Waals surface area contributed by atoms with Gasteiger partial charge in [0.1, 0.15) is 29.7 Å². The number of ether oxygens (including phenoxy) is 2. The number of urea groups is 1. The SMILES string of the molecule is CNC(=O)Nc1ccc(Oc2ccc3nc(COc4ccc(CC5SC(=O)NC5=O)cc4)n(C)c3c2)cc1. The third kappa shape index (κ3) is 5.73. The summed E-state index contributed by atoms with van der Waals surface area (Å²) in [6, 6.07) is 20.0. The maximum Gasteiger partial charge on any atom is 0.318 e. The molecular formula is C27H25N5O5S. The Morgan fingerprint density at radius 2 is 1.74 bits per heavy atom. The molecule has 0 saturated carbocycles. The van der Waals surface area contributed by atoms with Gasteiger partial charge in [0.15, 0.2) is 0 Å². The number of carbonyl (C=O) groups is 3. The van der Waals surface area contributed by atoms with Crippen molar-refractivity contribution in [1.82, 2.24) is 20.2 Å². The third-order valence-corrected chi connectivity index (χ3v) is 6.98. The van der Waals surface area contributed by atoms with Gasteiger partial charge in [-0.25, -0.2) is 9.78 Å². The Bertz CT molecular complexity index is 1500. The fourth-order valence-corrected chi connectivity index (χ4v) is 4.82. The number of aryl methyl sites for hydroxylation is 1. The number of carbonyl (C=O) groups excluding carboxylic acids is 3. The zero-order chi connectivity index (χ0) is 26.6. The zero-order valence-electron chi connectivity index (χ0n) is 20.7. The number of anilines is 1. The molecule has 0 spiro atoms. The van der Waals surface area contributed by atoms with Gasteiger partial charge in [0, 0.05) is 25.8 Å². The summed E-state index contributed by atoms with van der Waals surface area (Å²) in [4.78, 5) is 39.3. The number of imide groups is 1. The van der Waals surface area contributed by atoms with E-state index >= 15 is 0 Å². The monoisotopic (exact) mass is 531 g/mol. The molecule has 1 saturated heterocycles. The molecule has 0 aliphatic carbocycles. The Hall–Kier alpha value is -4.51. The first-order valence-corrected chi connectivity index (χ1v) is 12.7. The van der Waals surface area contributed by atoms with Crippen molar-refractivity contribution in [1.29, 1.82) is 0 Å². The summed E-state index contributed by atoms with van der Waals surface area (Å²) in [5.74, 6) is 2.48. The van der Waals surface area contributed by atoms with Crippen molar-refractivity contribution in [3.8, 4) is 17.2 Å². The summed E-state index contributed by atoms with van der Waals surface area (Å²) in [5, 5.41) is 6.82. The average Bonchev–Trinajstić information content (AvgIpc) is 3.41. The van der Waals surface area contributed by atoms with E-state index in [-0.39, 0.29) is 23.8 Å². The standard InChI is InChI=1S/C27H25N5O5S/c1-28-26(34)29-17-5-9-19(10-6-17)37-20-11-12-21-22(14-20)32(2)24(30-21)15-36-18-7-3-16(4-8-18)13-23-25(33)31-27(35)38-23/h3-12,14,23H,13,15H2,1-2H3,(H2,28,29,34)(H,31,33,35). The molecule has 3 aromatic carbocycles. The molecule has 38 heavy (non-hydrogen) atoms. The smallest absolute Gasteiger partial charge is 0.318 e. The summed E-state index contributed by atoms with van der Waals surface area (Å²) in [5.41, 5.74) is 3.33. The first kappa shape index (κ1) is 25.2. The number of amides is 4. The Morgan fingerprint density at radius 3 is 2.42 bits per heavy atom. The van der Waals surface area contributed by atoms with Gasteiger partial charge in [-0.05, 0) is 60.5 Å². The van der Waals surface area contributed by atoms with E-state index in [9.17, 15) is 14.4 Å². The quantitative estimate of drug-likeness (QED) is 0.304. The van der Waals surface area contributed by atoms with E-state index in [1.807, 2.05) is 54.1 Å². The van der Waals surface area contributed by atoms with Crippen LogP contribution in [0.3, 0.4) is 0 Å². The van der Waals surface area contributed by atoms with Gasteiger partial charge in [0.25, 0.3) is 5.24 Å². The maximum absolute atomic E-state index is 11.8. The highest BCUT2D eigenvalue weighted by Crippen LogP contribution is 2.28. The van der Waals surface area contributed by atoms with Gasteiger partial charge >= 0.3 is 6.03 Å². The van der Waals surface area contributed by atoms with Crippen LogP contribution in [0.4, 0.5) is 15.3 Å². The summed E-state index contributed by atoms with van der Waals surface area (Å²) < 4.78 is 13.9. The molecular weight excluding hydrogens is 506 g/mol. The van der Waals surface area contributed by atoms with Gasteiger partial charge in [-0.15, -0.1) is 0 Å². The number of thioether (sulfide) groups is 1. The molecule has 0 bridgehead atoms. The zero-order valence-corrected chi connectivity index (χ0v) is 21.5. The van der Waals surface area contributed by atoms with Gasteiger partial charge in [0.05, 0.1) is 16.3 Å². The summed E-state index contributed by atoms with van der Waals surface area (Å²) >= 11 is 1.02. The highest BCUT2D eigenvalue weighted by atomic mass is 32.2. The highest BCUT2D eigenvalue weighted by Gasteiger charge is 2.31. The third-order valence-electron chi connectivity index (χ3n) is 6.00. The van der Waals surface area contributed by atoms with Gasteiger partial charge in [-0.1, -0.05) is 23.9 Å². The van der Waals surface area contributed by atoms with Crippen LogP contribution in [-0.4, -0.2) is 39.0 Å². The molecule has 3 N–H and O–H groups in total. The van der Waals surface area contributed by atoms with Crippen LogP contribution in [0.2, 0.25) is 0 Å². The number of rotatable bonds is 8. The molecule has 0 radical (unpaired) electrons. The minimum atomic E-state index is -0.395. The molecule has 1 aliphatic heterocycles. The molecule has 4 aromatic rings. The van der Waals surface area contributed by atoms with Crippen LogP contribution in [0, 0.1) is 0 Å². The number of aromatic nitrogens is 2. The van der Waals surface area contributed by atoms with Crippen LogP contribution in [0.25, 0.3) is 11.0 Å². The molecule has 1 atom stereocenters. The lowest BCUT2D eigenvalue weighted by atomic mass is 10.1. The molecule has 194 valence electrons. The normalized spacial score (nSPS) is 14.8. The fourth-order valence-electron chi connectivity index (χ4n) is 3.96. The highest BCUT2D eigenvalue weighted by molar-refractivity contribution is 8.15. The second-order valence-corrected chi connectivity index (χ2v) is 9.76. The van der Waals surface area contributed by atoms with Gasteiger partial charge in [-0.3, -0.25) is 14.9 Å². The molecule has 1 aliphatic rings. The molecule has 1 fully saturated rings. The van der Waals surface area contributed by atoms with Crippen LogP contribution in [0.15, 0.2) is 66.7 Å². The topological polar surface area (TPSA) is 124 Å². The van der Waals surface area contributed by atoms with E-state index in [1.165, 1.54) is 0 Å². The van der Waals surface area contributed by atoms with Crippen molar-refractivity contribution < 1.29 is 23.9 Å². The van der Waals surface area contributed by atoms with Gasteiger partial charge < -0.3 is 24.7 Å². The number of fused-ring (bicyclic) bond motifs is 1. The van der Waals surface area contributed by atoms with E-state index in [1.54, 1.807) is 31.3 Å². The van der Waals surface area contributed by atoms with Crippen LogP contribution >= 0.6 is 11.8 Å². The van der Waals surface area contributed by atoms with Crippen molar-refractivity contribution in [2.24, 2.45) is 7.05 Å². The lowest BCUT2D eigenvalue weighted by Gasteiger charge is -2.09. The van der Waals surface area contributed by atoms with Crippen molar-refractivity contribution in [3.05, 3.63) is 78.1 Å². The summed E-state index contributed by atoms with van der Waals surface area (Å²) in [6.07, 6.45) is 0.481. The molecule has 11 heteroatoms. The minimum Gasteiger partial charge on any atom is -0.486 e. The second-order valence-electron chi connectivity index (χ2n) is 8.59. The molecule has 1 unspecified atom stereocenters. The number of nitrogens with one attached hydrogen (secondary N) is 3.